The van der Waals surface area contributed by atoms with Gasteiger partial charge in [0.2, 0.25) is 27.3 Å². The fraction of sp³-hybridized carbons (Fsp3) is 0.293. The average molecular weight is 835 g/mol. The average Bonchev–Trinajstić information content (AvgIpc) is 3.80. The number of aryl methyl sites for hydroxylation is 1. The van der Waals surface area contributed by atoms with Gasteiger partial charge in [-0.3, -0.25) is 24.6 Å². The van der Waals surface area contributed by atoms with E-state index >= 15 is 4.39 Å². The van der Waals surface area contributed by atoms with Crippen molar-refractivity contribution in [3.63, 3.8) is 0 Å². The third kappa shape index (κ3) is 7.75. The highest BCUT2D eigenvalue weighted by molar-refractivity contribution is 7.91. The number of nitrogens with zero attached hydrogens (tertiary/aromatic N) is 8. The van der Waals surface area contributed by atoms with Crippen molar-refractivity contribution in [2.45, 2.75) is 61.5 Å². The van der Waals surface area contributed by atoms with Crippen molar-refractivity contribution in [3.8, 4) is 5.75 Å². The van der Waals surface area contributed by atoms with Crippen molar-refractivity contribution in [2.24, 2.45) is 12.8 Å². The SMILES string of the molecule is CC(C)Oc1c(/C(C=N)=C/N)ncn2nc(Nc3ccc(S(=O)(=O)c4cccc(CN5CCC(c6ccc7c(N8CCC(=O)NC8=O)nn(C)c7c6)CC5)c4)cc3F)nc12. The topological polar surface area (TPSA) is 219 Å². The minimum absolute atomic E-state index is 0.00963. The van der Waals surface area contributed by atoms with Gasteiger partial charge in [0.05, 0.1) is 27.1 Å². The highest BCUT2D eigenvalue weighted by Crippen LogP contribution is 2.35. The maximum absolute atomic E-state index is 15.6. The standard InChI is InChI=1S/C41H43FN12O5S/c1-24(2)59-37-36(28(20-43)21-44)45-23-54-39(37)48-40(50-54)46-33-10-8-30(19-32(33)42)60(57,58)29-6-4-5-25(17-29)22-52-14-11-26(12-15-52)27-7-9-31-34(18-27)51(3)49-38(31)53-16-13-35(55)47-41(53)56/h4-10,17-21,23-24,26,43H,11-16,22,44H2,1-3H3,(H,46,50)(H,47,55,56)/b28-21+,43-20?. The third-order valence-electron chi connectivity index (χ3n) is 10.6. The van der Waals surface area contributed by atoms with E-state index in [1.54, 1.807) is 16.8 Å². The molecule has 0 saturated carbocycles. The number of benzene rings is 3. The summed E-state index contributed by atoms with van der Waals surface area (Å²) in [4.78, 5) is 36.6. The van der Waals surface area contributed by atoms with Crippen LogP contribution in [0.4, 0.5) is 26.6 Å². The number of carbonyl (C=O) groups excluding carboxylic acids is 2. The molecule has 6 aromatic rings. The van der Waals surface area contributed by atoms with Gasteiger partial charge in [-0.05, 0) is 99.3 Å². The number of nitrogens with two attached hydrogens (primary N) is 1. The highest BCUT2D eigenvalue weighted by Gasteiger charge is 2.29. The van der Waals surface area contributed by atoms with Crippen molar-refractivity contribution in [1.29, 1.82) is 5.41 Å². The van der Waals surface area contributed by atoms with Gasteiger partial charge in [-0.25, -0.2) is 22.6 Å². The second kappa shape index (κ2) is 16.1. The number of allylic oxidation sites excluding steroid dienone is 1. The van der Waals surface area contributed by atoms with E-state index in [2.05, 4.69) is 47.8 Å². The second-order valence-electron chi connectivity index (χ2n) is 15.0. The fourth-order valence-electron chi connectivity index (χ4n) is 7.62. The number of rotatable bonds is 12. The first kappa shape index (κ1) is 40.1. The van der Waals surface area contributed by atoms with Crippen molar-refractivity contribution in [1.82, 2.24) is 39.6 Å². The van der Waals surface area contributed by atoms with Crippen LogP contribution >= 0.6 is 0 Å². The molecule has 310 valence electrons. The van der Waals surface area contributed by atoms with Crippen LogP contribution in [0.2, 0.25) is 0 Å². The summed E-state index contributed by atoms with van der Waals surface area (Å²) in [5.74, 6) is -0.0275. The predicted molar refractivity (Wildman–Crippen MR) is 223 cm³/mol. The van der Waals surface area contributed by atoms with E-state index in [-0.39, 0.29) is 57.8 Å². The van der Waals surface area contributed by atoms with Gasteiger partial charge in [0.1, 0.15) is 17.8 Å². The summed E-state index contributed by atoms with van der Waals surface area (Å²) in [5.41, 5.74) is 9.42. The van der Waals surface area contributed by atoms with Gasteiger partial charge >= 0.3 is 6.03 Å². The fourth-order valence-corrected chi connectivity index (χ4v) is 8.97. The van der Waals surface area contributed by atoms with Gasteiger partial charge in [-0.15, -0.1) is 5.10 Å². The number of fused-ring (bicyclic) bond motifs is 2. The lowest BCUT2D eigenvalue weighted by Gasteiger charge is -2.32. The Balaban J connectivity index is 0.926. The van der Waals surface area contributed by atoms with E-state index in [9.17, 15) is 18.0 Å². The summed E-state index contributed by atoms with van der Waals surface area (Å²) in [6.45, 7) is 6.08. The molecule has 2 saturated heterocycles. The molecule has 19 heteroatoms. The maximum Gasteiger partial charge on any atom is 0.329 e. The first-order chi connectivity index (χ1) is 28.8. The lowest BCUT2D eigenvalue weighted by atomic mass is 9.89. The third-order valence-corrected chi connectivity index (χ3v) is 12.4. The quantitative estimate of drug-likeness (QED) is 0.116. The molecule has 0 spiro atoms. The van der Waals surface area contributed by atoms with E-state index in [0.29, 0.717) is 29.5 Å². The van der Waals surface area contributed by atoms with E-state index < -0.39 is 21.7 Å². The summed E-state index contributed by atoms with van der Waals surface area (Å²) >= 11 is 0. The summed E-state index contributed by atoms with van der Waals surface area (Å²) in [6, 6.07) is 16.1. The second-order valence-corrected chi connectivity index (χ2v) is 17.0. The molecule has 0 bridgehead atoms. The van der Waals surface area contributed by atoms with Crippen LogP contribution in [-0.4, -0.2) is 86.6 Å². The Bertz CT molecular complexity index is 2810. The molecule has 5 N–H and O–H groups in total. The number of likely N-dealkylation sites (tertiary alicyclic amines) is 1. The monoisotopic (exact) mass is 834 g/mol. The van der Waals surface area contributed by atoms with Crippen molar-refractivity contribution >= 4 is 67.6 Å². The number of aromatic nitrogens is 6. The number of amides is 3. The predicted octanol–water partition coefficient (Wildman–Crippen LogP) is 5.29. The Morgan fingerprint density at radius 3 is 2.57 bits per heavy atom. The van der Waals surface area contributed by atoms with E-state index in [0.717, 1.165) is 54.7 Å². The van der Waals surface area contributed by atoms with E-state index in [1.165, 1.54) is 45.7 Å². The van der Waals surface area contributed by atoms with Gasteiger partial charge < -0.3 is 21.2 Å². The highest BCUT2D eigenvalue weighted by atomic mass is 32.2. The van der Waals surface area contributed by atoms with Gasteiger partial charge in [0.15, 0.2) is 11.6 Å². The number of piperidine rings is 1. The van der Waals surface area contributed by atoms with Gasteiger partial charge in [0, 0.05) is 49.9 Å². The first-order valence-electron chi connectivity index (χ1n) is 19.4. The van der Waals surface area contributed by atoms with Crippen LogP contribution in [-0.2, 0) is 28.2 Å². The van der Waals surface area contributed by atoms with Gasteiger partial charge in [0.25, 0.3) is 0 Å². The Morgan fingerprint density at radius 2 is 1.85 bits per heavy atom. The molecule has 3 amide bonds. The lowest BCUT2D eigenvalue weighted by Crippen LogP contribution is -2.49. The number of imide groups is 1. The number of anilines is 3. The number of halogens is 1. The zero-order valence-corrected chi connectivity index (χ0v) is 33.9. The summed E-state index contributed by atoms with van der Waals surface area (Å²) in [7, 11) is -2.23. The molecule has 2 fully saturated rings. The van der Waals surface area contributed by atoms with Crippen LogP contribution < -0.4 is 26.0 Å². The van der Waals surface area contributed by atoms with Gasteiger partial charge in [-0.2, -0.15) is 14.6 Å². The zero-order valence-electron chi connectivity index (χ0n) is 33.1. The first-order valence-corrected chi connectivity index (χ1v) is 20.9. The number of urea groups is 1. The molecular formula is C41H43FN12O5S. The molecular weight excluding hydrogens is 792 g/mol. The molecule has 2 aliphatic heterocycles. The largest absolute Gasteiger partial charge is 0.485 e. The Morgan fingerprint density at radius 1 is 1.07 bits per heavy atom. The minimum Gasteiger partial charge on any atom is -0.485 e. The van der Waals surface area contributed by atoms with Crippen molar-refractivity contribution in [3.05, 3.63) is 95.8 Å². The van der Waals surface area contributed by atoms with E-state index in [1.807, 2.05) is 33.0 Å². The van der Waals surface area contributed by atoms with Gasteiger partial charge in [-0.1, -0.05) is 18.2 Å². The molecule has 8 rings (SSSR count). The number of carbonyl (C=O) groups is 2. The van der Waals surface area contributed by atoms with E-state index in [4.69, 9.17) is 15.9 Å². The molecule has 2 aliphatic rings. The van der Waals surface area contributed by atoms with Crippen LogP contribution in [0.1, 0.15) is 55.8 Å². The smallest absolute Gasteiger partial charge is 0.329 e. The number of ether oxygens (including phenoxy) is 1. The minimum atomic E-state index is -4.08. The summed E-state index contributed by atoms with van der Waals surface area (Å²) in [6.07, 6.45) is 5.40. The summed E-state index contributed by atoms with van der Waals surface area (Å²) in [5, 5.41) is 22.7. The number of hydrogen-bond acceptors (Lipinski definition) is 13. The Kier molecular flexibility index (Phi) is 10.8. The molecule has 5 heterocycles. The molecule has 3 aromatic carbocycles. The molecule has 17 nitrogen and oxygen atoms in total. The molecule has 0 aliphatic carbocycles. The molecule has 0 unspecified atom stereocenters. The van der Waals surface area contributed by atoms with Crippen LogP contribution in [0.5, 0.6) is 5.75 Å². The lowest BCUT2D eigenvalue weighted by molar-refractivity contribution is -0.120. The van der Waals surface area contributed by atoms with Crippen molar-refractivity contribution < 1.29 is 27.1 Å². The zero-order chi connectivity index (χ0) is 42.3. The Labute approximate surface area is 344 Å². The van der Waals surface area contributed by atoms with Crippen LogP contribution in [0.15, 0.2) is 83.0 Å². The van der Waals surface area contributed by atoms with Crippen LogP contribution in [0, 0.1) is 11.2 Å². The van der Waals surface area contributed by atoms with Crippen LogP contribution in [0.3, 0.4) is 0 Å². The normalized spacial score (nSPS) is 15.9. The van der Waals surface area contributed by atoms with Crippen molar-refractivity contribution in [2.75, 3.05) is 29.9 Å². The molecule has 0 radical (unpaired) electrons. The summed E-state index contributed by atoms with van der Waals surface area (Å²) < 4.78 is 52.2. The molecule has 3 aromatic heterocycles. The molecule has 0 atom stereocenters. The maximum atomic E-state index is 15.6. The number of sulfone groups is 1. The van der Waals surface area contributed by atoms with Crippen LogP contribution in [0.25, 0.3) is 22.1 Å². The number of nitrogens with one attached hydrogen (secondary N) is 3. The number of hydrogen-bond donors (Lipinski definition) is 4. The Hall–Kier alpha value is -6.73. The molecule has 60 heavy (non-hydrogen) atoms.